The quantitative estimate of drug-likeness (QED) is 0.575. The summed E-state index contributed by atoms with van der Waals surface area (Å²) in [7, 11) is 0. The second-order valence-electron chi connectivity index (χ2n) is 5.55. The average Bonchev–Trinajstić information content (AvgIpc) is 3.00. The van der Waals surface area contributed by atoms with Gasteiger partial charge in [0.05, 0.1) is 6.42 Å². The fourth-order valence-corrected chi connectivity index (χ4v) is 2.56. The van der Waals surface area contributed by atoms with E-state index in [0.29, 0.717) is 11.1 Å². The maximum atomic E-state index is 12.9. The minimum absolute atomic E-state index is 0.00815. The van der Waals surface area contributed by atoms with E-state index in [9.17, 15) is 14.0 Å². The Morgan fingerprint density at radius 1 is 1.12 bits per heavy atom. The predicted molar refractivity (Wildman–Crippen MR) is 88.3 cm³/mol. The Morgan fingerprint density at radius 3 is 2.58 bits per heavy atom. The number of halogens is 1. The number of esters is 1. The van der Waals surface area contributed by atoms with Gasteiger partial charge in [-0.3, -0.25) is 9.59 Å². The molecule has 0 aliphatic heterocycles. The Bertz CT molecular complexity index is 883. The van der Waals surface area contributed by atoms with E-state index in [1.54, 1.807) is 13.1 Å². The molecule has 0 amide bonds. The highest BCUT2D eigenvalue weighted by atomic mass is 19.1. The number of aromatic amines is 1. The molecule has 122 valence electrons. The lowest BCUT2D eigenvalue weighted by molar-refractivity contribution is -0.145. The molecule has 24 heavy (non-hydrogen) atoms. The van der Waals surface area contributed by atoms with Crippen molar-refractivity contribution in [2.24, 2.45) is 0 Å². The van der Waals surface area contributed by atoms with E-state index in [1.807, 2.05) is 24.3 Å². The number of benzene rings is 2. The fraction of sp³-hybridized carbons (Fsp3) is 0.158. The van der Waals surface area contributed by atoms with Crippen LogP contribution in [0.3, 0.4) is 0 Å². The topological polar surface area (TPSA) is 59.2 Å². The van der Waals surface area contributed by atoms with Crippen molar-refractivity contribution in [3.8, 4) is 0 Å². The van der Waals surface area contributed by atoms with E-state index in [-0.39, 0.29) is 18.0 Å². The third-order valence-corrected chi connectivity index (χ3v) is 3.79. The number of Topliss-reactive ketones (excluding diaryl/α,β-unsaturated/α-hetero) is 1. The van der Waals surface area contributed by atoms with Crippen LogP contribution in [0.15, 0.2) is 54.7 Å². The third-order valence-electron chi connectivity index (χ3n) is 3.79. The van der Waals surface area contributed by atoms with E-state index in [0.717, 1.165) is 10.9 Å². The molecule has 1 heterocycles. The Hall–Kier alpha value is -2.95. The first-order chi connectivity index (χ1) is 11.5. The molecule has 0 spiro atoms. The third kappa shape index (κ3) is 3.35. The second kappa shape index (κ2) is 6.66. The van der Waals surface area contributed by atoms with E-state index in [4.69, 9.17) is 4.74 Å². The molecule has 2 aromatic carbocycles. The summed E-state index contributed by atoms with van der Waals surface area (Å²) in [5.74, 6) is -1.16. The van der Waals surface area contributed by atoms with Crippen molar-refractivity contribution in [3.05, 3.63) is 71.7 Å². The van der Waals surface area contributed by atoms with Crippen molar-refractivity contribution in [1.82, 2.24) is 4.98 Å². The number of ketones is 1. The summed E-state index contributed by atoms with van der Waals surface area (Å²) in [6, 6.07) is 13.0. The number of nitrogens with one attached hydrogen (secondary N) is 1. The van der Waals surface area contributed by atoms with Crippen LogP contribution in [-0.4, -0.2) is 22.8 Å². The first-order valence-electron chi connectivity index (χ1n) is 7.59. The summed E-state index contributed by atoms with van der Waals surface area (Å²) < 4.78 is 18.1. The number of aromatic nitrogens is 1. The van der Waals surface area contributed by atoms with E-state index < -0.39 is 12.1 Å². The Morgan fingerprint density at radius 2 is 1.83 bits per heavy atom. The SMILES string of the molecule is C[C@@H](OC(=O)Cc1ccc(F)cc1)C(=O)c1c[nH]c2ccccc12. The monoisotopic (exact) mass is 325 g/mol. The van der Waals surface area contributed by atoms with Gasteiger partial charge in [-0.2, -0.15) is 0 Å². The lowest BCUT2D eigenvalue weighted by Gasteiger charge is -2.12. The van der Waals surface area contributed by atoms with E-state index in [2.05, 4.69) is 4.98 Å². The zero-order valence-electron chi connectivity index (χ0n) is 13.1. The number of H-pyrrole nitrogens is 1. The number of carbonyl (C=O) groups excluding carboxylic acids is 2. The Balaban J connectivity index is 1.67. The molecule has 3 rings (SSSR count). The lowest BCUT2D eigenvalue weighted by Crippen LogP contribution is -2.25. The van der Waals surface area contributed by atoms with Crippen molar-refractivity contribution in [2.75, 3.05) is 0 Å². The molecular formula is C19H16FNO3. The number of ether oxygens (including phenoxy) is 1. The Labute approximate surface area is 138 Å². The maximum absolute atomic E-state index is 12.9. The summed E-state index contributed by atoms with van der Waals surface area (Å²) in [6.07, 6.45) is 0.723. The minimum atomic E-state index is -0.892. The van der Waals surface area contributed by atoms with Gasteiger partial charge >= 0.3 is 5.97 Å². The maximum Gasteiger partial charge on any atom is 0.310 e. The first-order valence-corrected chi connectivity index (χ1v) is 7.59. The molecular weight excluding hydrogens is 309 g/mol. The smallest absolute Gasteiger partial charge is 0.310 e. The molecule has 0 unspecified atom stereocenters. The van der Waals surface area contributed by atoms with E-state index in [1.165, 1.54) is 24.3 Å². The van der Waals surface area contributed by atoms with Crippen LogP contribution < -0.4 is 0 Å². The van der Waals surface area contributed by atoms with Gasteiger partial charge in [0.1, 0.15) is 5.82 Å². The van der Waals surface area contributed by atoms with Gasteiger partial charge in [0, 0.05) is 22.7 Å². The predicted octanol–water partition coefficient (Wildman–Crippen LogP) is 3.66. The molecule has 3 aromatic rings. The number of rotatable bonds is 5. The fourth-order valence-electron chi connectivity index (χ4n) is 2.56. The van der Waals surface area contributed by atoms with Gasteiger partial charge in [-0.05, 0) is 30.7 Å². The summed E-state index contributed by atoms with van der Waals surface area (Å²) in [5, 5.41) is 0.795. The normalized spacial score (nSPS) is 12.1. The molecule has 5 heteroatoms. The molecule has 0 aliphatic rings. The molecule has 0 bridgehead atoms. The highest BCUT2D eigenvalue weighted by molar-refractivity contribution is 6.10. The standard InChI is InChI=1S/C19H16FNO3/c1-12(24-18(22)10-13-6-8-14(20)9-7-13)19(23)16-11-21-17-5-3-2-4-15(16)17/h2-9,11-12,21H,10H2,1H3/t12-/m1/s1. The molecule has 1 atom stereocenters. The molecule has 0 saturated carbocycles. The van der Waals surface area contributed by atoms with Gasteiger partial charge in [-0.15, -0.1) is 0 Å². The van der Waals surface area contributed by atoms with Crippen molar-refractivity contribution in [2.45, 2.75) is 19.4 Å². The van der Waals surface area contributed by atoms with Crippen LogP contribution in [0.4, 0.5) is 4.39 Å². The lowest BCUT2D eigenvalue weighted by atomic mass is 10.1. The molecule has 0 radical (unpaired) electrons. The highest BCUT2D eigenvalue weighted by Gasteiger charge is 2.22. The second-order valence-corrected chi connectivity index (χ2v) is 5.55. The van der Waals surface area contributed by atoms with Crippen LogP contribution >= 0.6 is 0 Å². The highest BCUT2D eigenvalue weighted by Crippen LogP contribution is 2.20. The zero-order chi connectivity index (χ0) is 17.1. The van der Waals surface area contributed by atoms with Crippen molar-refractivity contribution in [3.63, 3.8) is 0 Å². The summed E-state index contributed by atoms with van der Waals surface area (Å²) in [4.78, 5) is 27.5. The molecule has 0 saturated heterocycles. The van der Waals surface area contributed by atoms with Crippen molar-refractivity contribution in [1.29, 1.82) is 0 Å². The van der Waals surface area contributed by atoms with Crippen LogP contribution in [0.1, 0.15) is 22.8 Å². The van der Waals surface area contributed by atoms with Crippen LogP contribution in [0.25, 0.3) is 10.9 Å². The summed E-state index contributed by atoms with van der Waals surface area (Å²) in [6.45, 7) is 1.55. The molecule has 1 N–H and O–H groups in total. The van der Waals surface area contributed by atoms with Crippen LogP contribution in [0, 0.1) is 5.82 Å². The Kier molecular flexibility index (Phi) is 4.42. The molecule has 0 aliphatic carbocycles. The first kappa shape index (κ1) is 15.9. The van der Waals surface area contributed by atoms with Gasteiger partial charge in [0.25, 0.3) is 0 Å². The zero-order valence-corrected chi connectivity index (χ0v) is 13.1. The van der Waals surface area contributed by atoms with Gasteiger partial charge in [0.15, 0.2) is 6.10 Å². The largest absolute Gasteiger partial charge is 0.454 e. The number of para-hydroxylation sites is 1. The van der Waals surface area contributed by atoms with Gasteiger partial charge < -0.3 is 9.72 Å². The molecule has 4 nitrogen and oxygen atoms in total. The van der Waals surface area contributed by atoms with Gasteiger partial charge in [-0.1, -0.05) is 30.3 Å². The van der Waals surface area contributed by atoms with Gasteiger partial charge in [-0.25, -0.2) is 4.39 Å². The number of carbonyl (C=O) groups is 2. The molecule has 1 aromatic heterocycles. The van der Waals surface area contributed by atoms with Crippen molar-refractivity contribution < 1.29 is 18.7 Å². The van der Waals surface area contributed by atoms with E-state index >= 15 is 0 Å². The van der Waals surface area contributed by atoms with Crippen LogP contribution in [-0.2, 0) is 16.0 Å². The number of hydrogen-bond donors (Lipinski definition) is 1. The number of hydrogen-bond acceptors (Lipinski definition) is 3. The van der Waals surface area contributed by atoms with Crippen molar-refractivity contribution >= 4 is 22.7 Å². The minimum Gasteiger partial charge on any atom is -0.454 e. The number of fused-ring (bicyclic) bond motifs is 1. The average molecular weight is 325 g/mol. The molecule has 0 fully saturated rings. The summed E-state index contributed by atoms with van der Waals surface area (Å²) in [5.41, 5.74) is 1.98. The van der Waals surface area contributed by atoms with Gasteiger partial charge in [0.2, 0.25) is 5.78 Å². The summed E-state index contributed by atoms with van der Waals surface area (Å²) >= 11 is 0. The van der Waals surface area contributed by atoms with Crippen LogP contribution in [0.5, 0.6) is 0 Å². The van der Waals surface area contributed by atoms with Crippen LogP contribution in [0.2, 0.25) is 0 Å².